The number of unbranched alkanes of at least 4 members (excludes halogenated alkanes) is 1. The number of rotatable bonds is 10. The number of aliphatic hydroxyl groups is 3. The third-order valence-electron chi connectivity index (χ3n) is 2.67. The SMILES string of the molecule is CC(C(=O)OCCCCO)=C(CCO)CCCO. The van der Waals surface area contributed by atoms with Crippen LogP contribution in [0.15, 0.2) is 11.1 Å². The van der Waals surface area contributed by atoms with Crippen molar-refractivity contribution in [1.82, 2.24) is 0 Å². The highest BCUT2D eigenvalue weighted by Crippen LogP contribution is 2.16. The van der Waals surface area contributed by atoms with E-state index in [0.29, 0.717) is 44.3 Å². The van der Waals surface area contributed by atoms with Gasteiger partial charge in [0.05, 0.1) is 6.61 Å². The van der Waals surface area contributed by atoms with Crippen LogP contribution in [0.4, 0.5) is 0 Å². The van der Waals surface area contributed by atoms with Gasteiger partial charge in [0.15, 0.2) is 0 Å². The first kappa shape index (κ1) is 17.1. The summed E-state index contributed by atoms with van der Waals surface area (Å²) in [5.41, 5.74) is 1.35. The van der Waals surface area contributed by atoms with E-state index in [1.165, 1.54) is 0 Å². The summed E-state index contributed by atoms with van der Waals surface area (Å²) < 4.78 is 5.06. The molecule has 0 fully saturated rings. The Balaban J connectivity index is 4.30. The molecule has 0 bridgehead atoms. The minimum absolute atomic E-state index is 0.0180. The maximum Gasteiger partial charge on any atom is 0.333 e. The van der Waals surface area contributed by atoms with Gasteiger partial charge in [0.2, 0.25) is 0 Å². The molecule has 0 aromatic heterocycles. The number of carbonyl (C=O) groups is 1. The summed E-state index contributed by atoms with van der Waals surface area (Å²) in [6.07, 6.45) is 2.85. The smallest absolute Gasteiger partial charge is 0.333 e. The molecule has 3 N–H and O–H groups in total. The number of esters is 1. The topological polar surface area (TPSA) is 87.0 Å². The summed E-state index contributed by atoms with van der Waals surface area (Å²) in [5, 5.41) is 26.3. The molecule has 0 saturated heterocycles. The second kappa shape index (κ2) is 11.2. The van der Waals surface area contributed by atoms with Gasteiger partial charge in [0.25, 0.3) is 0 Å². The van der Waals surface area contributed by atoms with Gasteiger partial charge in [-0.25, -0.2) is 4.79 Å². The fourth-order valence-electron chi connectivity index (χ4n) is 1.56. The van der Waals surface area contributed by atoms with Crippen molar-refractivity contribution in [3.8, 4) is 0 Å². The van der Waals surface area contributed by atoms with Crippen molar-refractivity contribution >= 4 is 5.97 Å². The first-order chi connectivity index (χ1) is 8.67. The van der Waals surface area contributed by atoms with Crippen LogP contribution >= 0.6 is 0 Å². The molecule has 0 heterocycles. The summed E-state index contributed by atoms with van der Waals surface area (Å²) in [5.74, 6) is -0.380. The van der Waals surface area contributed by atoms with E-state index in [9.17, 15) is 4.79 Å². The second-order valence-electron chi connectivity index (χ2n) is 4.10. The molecule has 106 valence electrons. The Kier molecular flexibility index (Phi) is 10.6. The molecule has 0 aliphatic carbocycles. The van der Waals surface area contributed by atoms with Gasteiger partial charge >= 0.3 is 5.97 Å². The van der Waals surface area contributed by atoms with E-state index < -0.39 is 0 Å². The fraction of sp³-hybridized carbons (Fsp3) is 0.769. The Bertz CT molecular complexity index is 260. The van der Waals surface area contributed by atoms with Gasteiger partial charge in [0.1, 0.15) is 0 Å². The lowest BCUT2D eigenvalue weighted by atomic mass is 10.0. The third kappa shape index (κ3) is 7.42. The Morgan fingerprint density at radius 2 is 1.61 bits per heavy atom. The molecule has 0 aliphatic rings. The van der Waals surface area contributed by atoms with E-state index in [0.717, 1.165) is 5.57 Å². The number of hydrogen-bond acceptors (Lipinski definition) is 5. The first-order valence-electron chi connectivity index (χ1n) is 6.35. The predicted molar refractivity (Wildman–Crippen MR) is 68.0 cm³/mol. The van der Waals surface area contributed by atoms with Crippen LogP contribution in [0.25, 0.3) is 0 Å². The average Bonchev–Trinajstić information content (AvgIpc) is 2.38. The van der Waals surface area contributed by atoms with E-state index >= 15 is 0 Å². The molecule has 18 heavy (non-hydrogen) atoms. The molecule has 0 unspecified atom stereocenters. The minimum Gasteiger partial charge on any atom is -0.462 e. The molecule has 0 radical (unpaired) electrons. The summed E-state index contributed by atoms with van der Waals surface area (Å²) in [7, 11) is 0. The lowest BCUT2D eigenvalue weighted by Crippen LogP contribution is -2.10. The highest BCUT2D eigenvalue weighted by Gasteiger charge is 2.11. The van der Waals surface area contributed by atoms with Gasteiger partial charge in [0, 0.05) is 25.4 Å². The Labute approximate surface area is 108 Å². The summed E-state index contributed by atoms with van der Waals surface area (Å²) in [4.78, 5) is 11.7. The van der Waals surface area contributed by atoms with Crippen LogP contribution in [0, 0.1) is 0 Å². The van der Waals surface area contributed by atoms with Gasteiger partial charge in [-0.2, -0.15) is 0 Å². The summed E-state index contributed by atoms with van der Waals surface area (Å²) in [6.45, 7) is 2.11. The maximum absolute atomic E-state index is 11.7. The third-order valence-corrected chi connectivity index (χ3v) is 2.67. The molecule has 0 saturated carbocycles. The molecule has 0 aromatic carbocycles. The van der Waals surface area contributed by atoms with Crippen LogP contribution in [0.2, 0.25) is 0 Å². The number of hydrogen-bond donors (Lipinski definition) is 3. The van der Waals surface area contributed by atoms with Gasteiger partial charge < -0.3 is 20.1 Å². The molecule has 0 spiro atoms. The van der Waals surface area contributed by atoms with Crippen molar-refractivity contribution < 1.29 is 24.9 Å². The summed E-state index contributed by atoms with van der Waals surface area (Å²) >= 11 is 0. The van der Waals surface area contributed by atoms with Gasteiger partial charge in [-0.05, 0) is 39.0 Å². The second-order valence-corrected chi connectivity index (χ2v) is 4.10. The quantitative estimate of drug-likeness (QED) is 0.307. The number of ether oxygens (including phenoxy) is 1. The Morgan fingerprint density at radius 1 is 0.944 bits per heavy atom. The van der Waals surface area contributed by atoms with Gasteiger partial charge in [-0.15, -0.1) is 0 Å². The average molecular weight is 260 g/mol. The molecule has 0 amide bonds. The summed E-state index contributed by atoms with van der Waals surface area (Å²) in [6, 6.07) is 0. The van der Waals surface area contributed by atoms with Crippen molar-refractivity contribution in [1.29, 1.82) is 0 Å². The zero-order valence-corrected chi connectivity index (χ0v) is 11.0. The minimum atomic E-state index is -0.380. The van der Waals surface area contributed by atoms with Crippen molar-refractivity contribution in [3.05, 3.63) is 11.1 Å². The van der Waals surface area contributed by atoms with Crippen LogP contribution < -0.4 is 0 Å². The lowest BCUT2D eigenvalue weighted by Gasteiger charge is -2.11. The normalized spacial score (nSPS) is 12.2. The molecule has 0 rings (SSSR count). The highest BCUT2D eigenvalue weighted by molar-refractivity contribution is 5.88. The van der Waals surface area contributed by atoms with E-state index in [2.05, 4.69) is 0 Å². The van der Waals surface area contributed by atoms with Crippen LogP contribution in [0.1, 0.15) is 39.0 Å². The standard InChI is InChI=1S/C13H24O5/c1-11(12(6-9-16)5-4-8-15)13(17)18-10-3-2-7-14/h14-16H,2-10H2,1H3. The maximum atomic E-state index is 11.7. The van der Waals surface area contributed by atoms with Crippen LogP contribution in [-0.4, -0.2) is 47.7 Å². The van der Waals surface area contributed by atoms with Gasteiger partial charge in [-0.1, -0.05) is 5.57 Å². The molecule has 0 atom stereocenters. The molecule has 5 heteroatoms. The largest absolute Gasteiger partial charge is 0.462 e. The molecular formula is C13H24O5. The van der Waals surface area contributed by atoms with Crippen LogP contribution in [0.3, 0.4) is 0 Å². The molecule has 0 aliphatic heterocycles. The van der Waals surface area contributed by atoms with Crippen molar-refractivity contribution in [3.63, 3.8) is 0 Å². The molecule has 0 aromatic rings. The van der Waals surface area contributed by atoms with Crippen molar-refractivity contribution in [2.24, 2.45) is 0 Å². The first-order valence-corrected chi connectivity index (χ1v) is 6.35. The van der Waals surface area contributed by atoms with Crippen LogP contribution in [-0.2, 0) is 9.53 Å². The van der Waals surface area contributed by atoms with E-state index in [1.807, 2.05) is 0 Å². The van der Waals surface area contributed by atoms with Crippen molar-refractivity contribution in [2.75, 3.05) is 26.4 Å². The Morgan fingerprint density at radius 3 is 2.17 bits per heavy atom. The lowest BCUT2D eigenvalue weighted by molar-refractivity contribution is -0.139. The zero-order chi connectivity index (χ0) is 13.8. The fourth-order valence-corrected chi connectivity index (χ4v) is 1.56. The van der Waals surface area contributed by atoms with Crippen LogP contribution in [0.5, 0.6) is 0 Å². The van der Waals surface area contributed by atoms with E-state index in [4.69, 9.17) is 20.1 Å². The predicted octanol–water partition coefficient (Wildman–Crippen LogP) is 0.773. The van der Waals surface area contributed by atoms with Crippen molar-refractivity contribution in [2.45, 2.75) is 39.0 Å². The zero-order valence-electron chi connectivity index (χ0n) is 11.0. The molecular weight excluding hydrogens is 236 g/mol. The molecule has 5 nitrogen and oxygen atoms in total. The number of carbonyl (C=O) groups excluding carboxylic acids is 1. The van der Waals surface area contributed by atoms with Gasteiger partial charge in [-0.3, -0.25) is 0 Å². The van der Waals surface area contributed by atoms with E-state index in [-0.39, 0.29) is 25.8 Å². The number of aliphatic hydroxyl groups excluding tert-OH is 3. The van der Waals surface area contributed by atoms with E-state index in [1.54, 1.807) is 6.92 Å². The Hall–Kier alpha value is -0.910. The highest BCUT2D eigenvalue weighted by atomic mass is 16.5. The monoisotopic (exact) mass is 260 g/mol.